The van der Waals surface area contributed by atoms with Crippen LogP contribution in [0.1, 0.15) is 12.5 Å². The van der Waals surface area contributed by atoms with Gasteiger partial charge >= 0.3 is 0 Å². The molecule has 0 saturated heterocycles. The van der Waals surface area contributed by atoms with E-state index in [1.54, 1.807) is 17.0 Å². The number of hydrogen-bond acceptors (Lipinski definition) is 3. The summed E-state index contributed by atoms with van der Waals surface area (Å²) in [6, 6.07) is 6.61. The van der Waals surface area contributed by atoms with E-state index in [9.17, 15) is 8.42 Å². The molecule has 0 unspecified atom stereocenters. The van der Waals surface area contributed by atoms with E-state index in [2.05, 4.69) is 0 Å². The lowest BCUT2D eigenvalue weighted by Crippen LogP contribution is -2.30. The van der Waals surface area contributed by atoms with Crippen molar-refractivity contribution < 1.29 is 8.42 Å². The predicted octanol–water partition coefficient (Wildman–Crippen LogP) is 0.401. The summed E-state index contributed by atoms with van der Waals surface area (Å²) < 4.78 is 22.3. The largest absolute Gasteiger partial charge is 0.257 e. The average molecular weight is 200 g/mol. The van der Waals surface area contributed by atoms with Gasteiger partial charge in [0.25, 0.3) is 10.0 Å². The molecule has 13 heavy (non-hydrogen) atoms. The molecular weight excluding hydrogens is 188 g/mol. The van der Waals surface area contributed by atoms with Crippen LogP contribution in [0, 0.1) is 0 Å². The van der Waals surface area contributed by atoms with E-state index in [0.717, 1.165) is 12.0 Å². The van der Waals surface area contributed by atoms with Gasteiger partial charge in [-0.25, -0.2) is 8.42 Å². The van der Waals surface area contributed by atoms with Crippen molar-refractivity contribution in [1.29, 1.82) is 0 Å². The Kier molecular flexibility index (Phi) is 3.02. The molecule has 1 rings (SSSR count). The number of nitrogens with two attached hydrogens (primary N) is 1. The normalized spacial score (nSPS) is 11.5. The van der Waals surface area contributed by atoms with Gasteiger partial charge in [-0.2, -0.15) is 4.83 Å². The van der Waals surface area contributed by atoms with Crippen LogP contribution in [-0.4, -0.2) is 8.42 Å². The summed E-state index contributed by atoms with van der Waals surface area (Å²) in [4.78, 5) is 1.95. The molecule has 0 aliphatic carbocycles. The second-order valence-corrected chi connectivity index (χ2v) is 4.33. The van der Waals surface area contributed by atoms with Crippen LogP contribution in [0.2, 0.25) is 0 Å². The van der Waals surface area contributed by atoms with Crippen LogP contribution in [0.25, 0.3) is 0 Å². The molecule has 0 bridgehead atoms. The van der Waals surface area contributed by atoms with Crippen molar-refractivity contribution in [2.24, 2.45) is 5.84 Å². The third-order valence-electron chi connectivity index (χ3n) is 1.80. The lowest BCUT2D eigenvalue weighted by atomic mass is 10.2. The van der Waals surface area contributed by atoms with E-state index in [1.165, 1.54) is 12.1 Å². The average Bonchev–Trinajstić information content (AvgIpc) is 2.18. The fraction of sp³-hybridized carbons (Fsp3) is 0.250. The number of rotatable bonds is 3. The first-order valence-electron chi connectivity index (χ1n) is 3.91. The van der Waals surface area contributed by atoms with Gasteiger partial charge in [-0.3, -0.25) is 5.84 Å². The molecule has 0 amide bonds. The fourth-order valence-corrected chi connectivity index (χ4v) is 1.60. The molecule has 3 N–H and O–H groups in total. The maximum atomic E-state index is 11.2. The SMILES string of the molecule is CCc1ccc(S(=O)(=O)NN)cc1. The van der Waals surface area contributed by atoms with E-state index < -0.39 is 10.0 Å². The van der Waals surface area contributed by atoms with Crippen LogP contribution in [0.3, 0.4) is 0 Å². The van der Waals surface area contributed by atoms with Gasteiger partial charge in [0.15, 0.2) is 0 Å². The molecule has 0 heterocycles. The summed E-state index contributed by atoms with van der Waals surface area (Å²) in [6.45, 7) is 2.00. The Bertz CT molecular complexity index is 370. The van der Waals surface area contributed by atoms with Gasteiger partial charge in [0.2, 0.25) is 0 Å². The van der Waals surface area contributed by atoms with Gasteiger partial charge in [0.1, 0.15) is 0 Å². The third-order valence-corrected chi connectivity index (χ3v) is 3.00. The topological polar surface area (TPSA) is 72.2 Å². The molecule has 0 atom stereocenters. The van der Waals surface area contributed by atoms with Crippen LogP contribution in [-0.2, 0) is 16.4 Å². The van der Waals surface area contributed by atoms with Crippen molar-refractivity contribution in [1.82, 2.24) is 4.83 Å². The summed E-state index contributed by atoms with van der Waals surface area (Å²) in [5.41, 5.74) is 1.09. The van der Waals surface area contributed by atoms with Gasteiger partial charge in [-0.05, 0) is 24.1 Å². The molecule has 1 aromatic rings. The molecular formula is C8H12N2O2S. The van der Waals surface area contributed by atoms with Gasteiger partial charge in [-0.15, -0.1) is 0 Å². The molecule has 5 heteroatoms. The maximum Gasteiger partial charge on any atom is 0.253 e. The minimum Gasteiger partial charge on any atom is -0.257 e. The highest BCUT2D eigenvalue weighted by molar-refractivity contribution is 7.89. The maximum absolute atomic E-state index is 11.2. The van der Waals surface area contributed by atoms with Crippen LogP contribution >= 0.6 is 0 Å². The van der Waals surface area contributed by atoms with Crippen molar-refractivity contribution in [2.45, 2.75) is 18.2 Å². The first-order valence-corrected chi connectivity index (χ1v) is 5.40. The molecule has 0 aromatic heterocycles. The Morgan fingerprint density at radius 1 is 1.31 bits per heavy atom. The molecule has 1 aromatic carbocycles. The number of aryl methyl sites for hydroxylation is 1. The third kappa shape index (κ3) is 2.27. The lowest BCUT2D eigenvalue weighted by molar-refractivity contribution is 0.584. The molecule has 0 fully saturated rings. The predicted molar refractivity (Wildman–Crippen MR) is 50.3 cm³/mol. The number of sulfonamides is 1. The zero-order valence-corrected chi connectivity index (χ0v) is 8.14. The summed E-state index contributed by atoms with van der Waals surface area (Å²) in [5.74, 6) is 4.87. The number of benzene rings is 1. The van der Waals surface area contributed by atoms with Crippen LogP contribution in [0.15, 0.2) is 29.2 Å². The van der Waals surface area contributed by atoms with Crippen LogP contribution in [0.4, 0.5) is 0 Å². The van der Waals surface area contributed by atoms with Crippen molar-refractivity contribution in [2.75, 3.05) is 0 Å². The van der Waals surface area contributed by atoms with E-state index in [4.69, 9.17) is 5.84 Å². The Hall–Kier alpha value is -0.910. The van der Waals surface area contributed by atoms with Crippen molar-refractivity contribution >= 4 is 10.0 Å². The summed E-state index contributed by atoms with van der Waals surface area (Å²) >= 11 is 0. The minimum absolute atomic E-state index is 0.187. The van der Waals surface area contributed by atoms with Crippen molar-refractivity contribution in [3.63, 3.8) is 0 Å². The number of nitrogens with one attached hydrogen (secondary N) is 1. The lowest BCUT2D eigenvalue weighted by Gasteiger charge is -2.02. The number of hydrogen-bond donors (Lipinski definition) is 2. The molecule has 0 spiro atoms. The van der Waals surface area contributed by atoms with Gasteiger partial charge in [-0.1, -0.05) is 19.1 Å². The molecule has 0 aliphatic rings. The second-order valence-electron chi connectivity index (χ2n) is 2.62. The Labute approximate surface area is 77.8 Å². The van der Waals surface area contributed by atoms with Crippen LogP contribution in [0.5, 0.6) is 0 Å². The highest BCUT2D eigenvalue weighted by atomic mass is 32.2. The van der Waals surface area contributed by atoms with Crippen molar-refractivity contribution in [3.05, 3.63) is 29.8 Å². The standard InChI is InChI=1S/C8H12N2O2S/c1-2-7-3-5-8(6-4-7)13(11,12)10-9/h3-6,10H,2,9H2,1H3. The van der Waals surface area contributed by atoms with Gasteiger partial charge < -0.3 is 0 Å². The van der Waals surface area contributed by atoms with Crippen molar-refractivity contribution in [3.8, 4) is 0 Å². The first kappa shape index (κ1) is 10.2. The molecule has 0 radical (unpaired) electrons. The Morgan fingerprint density at radius 3 is 2.23 bits per heavy atom. The van der Waals surface area contributed by atoms with Crippen LogP contribution < -0.4 is 10.7 Å². The Morgan fingerprint density at radius 2 is 1.85 bits per heavy atom. The highest BCUT2D eigenvalue weighted by Crippen LogP contribution is 2.09. The molecule has 0 saturated carbocycles. The minimum atomic E-state index is -3.50. The summed E-state index contributed by atoms with van der Waals surface area (Å²) in [6.07, 6.45) is 0.885. The van der Waals surface area contributed by atoms with E-state index in [-0.39, 0.29) is 4.90 Å². The zero-order chi connectivity index (χ0) is 9.90. The second kappa shape index (κ2) is 3.87. The molecule has 0 aliphatic heterocycles. The highest BCUT2D eigenvalue weighted by Gasteiger charge is 2.10. The summed E-state index contributed by atoms with van der Waals surface area (Å²) in [7, 11) is -3.50. The molecule has 4 nitrogen and oxygen atoms in total. The number of hydrazine groups is 1. The van der Waals surface area contributed by atoms with Gasteiger partial charge in [0, 0.05) is 0 Å². The molecule has 72 valence electrons. The smallest absolute Gasteiger partial charge is 0.253 e. The fourth-order valence-electron chi connectivity index (χ4n) is 0.972. The monoisotopic (exact) mass is 200 g/mol. The Balaban J connectivity index is 3.06. The van der Waals surface area contributed by atoms with Gasteiger partial charge in [0.05, 0.1) is 4.90 Å². The summed E-state index contributed by atoms with van der Waals surface area (Å²) in [5, 5.41) is 0. The first-order chi connectivity index (χ1) is 6.10. The van der Waals surface area contributed by atoms with E-state index in [0.29, 0.717) is 0 Å². The van der Waals surface area contributed by atoms with E-state index in [1.807, 2.05) is 6.92 Å². The quantitative estimate of drug-likeness (QED) is 0.548. The zero-order valence-electron chi connectivity index (χ0n) is 7.32. The van der Waals surface area contributed by atoms with E-state index >= 15 is 0 Å².